The molecule has 2 atom stereocenters. The van der Waals surface area contributed by atoms with Crippen LogP contribution in [0.1, 0.15) is 33.6 Å². The van der Waals surface area contributed by atoms with E-state index in [0.29, 0.717) is 19.4 Å². The molecule has 0 spiro atoms. The minimum Gasteiger partial charge on any atom is -0.465 e. The highest BCUT2D eigenvalue weighted by atomic mass is 127. The maximum Gasteiger partial charge on any atom is 0.311 e. The first kappa shape index (κ1) is 14.7. The molecular weight excluding hydrogens is 335 g/mol. The molecule has 1 aliphatic heterocycles. The molecule has 0 bridgehead atoms. The van der Waals surface area contributed by atoms with E-state index in [0.717, 1.165) is 4.43 Å². The van der Waals surface area contributed by atoms with Gasteiger partial charge in [0, 0.05) is 10.3 Å². The second-order valence-electron chi connectivity index (χ2n) is 5.32. The number of cyclic esters (lactones) is 1. The van der Waals surface area contributed by atoms with E-state index >= 15 is 0 Å². The molecule has 5 heteroatoms. The molecule has 0 aromatic heterocycles. The summed E-state index contributed by atoms with van der Waals surface area (Å²) >= 11 is 2.21. The van der Waals surface area contributed by atoms with E-state index in [9.17, 15) is 9.59 Å². The fourth-order valence-electron chi connectivity index (χ4n) is 1.62. The minimum atomic E-state index is -0.468. The van der Waals surface area contributed by atoms with E-state index in [4.69, 9.17) is 9.47 Å². The zero-order valence-corrected chi connectivity index (χ0v) is 12.7. The van der Waals surface area contributed by atoms with Crippen LogP contribution < -0.4 is 0 Å². The SMILES string of the molecule is CC(C)(C)C(=O)OCC[C@@H]1CC(=O)O[C@@H]1CI. The van der Waals surface area contributed by atoms with Crippen LogP contribution in [0.4, 0.5) is 0 Å². The molecule has 0 amide bonds. The fraction of sp³-hybridized carbons (Fsp3) is 0.833. The van der Waals surface area contributed by atoms with Crippen molar-refractivity contribution >= 4 is 34.5 Å². The third kappa shape index (κ3) is 4.44. The van der Waals surface area contributed by atoms with Gasteiger partial charge >= 0.3 is 11.9 Å². The summed E-state index contributed by atoms with van der Waals surface area (Å²) in [5.74, 6) is -0.153. The van der Waals surface area contributed by atoms with Crippen molar-refractivity contribution in [3.8, 4) is 0 Å². The molecule has 0 aromatic carbocycles. The van der Waals surface area contributed by atoms with Crippen molar-refractivity contribution in [3.05, 3.63) is 0 Å². The average molecular weight is 354 g/mol. The topological polar surface area (TPSA) is 52.6 Å². The summed E-state index contributed by atoms with van der Waals surface area (Å²) in [5, 5.41) is 0. The normalized spacial score (nSPS) is 24.6. The first-order valence-electron chi connectivity index (χ1n) is 5.77. The molecule has 0 unspecified atom stereocenters. The molecule has 4 nitrogen and oxygen atoms in total. The Morgan fingerprint density at radius 1 is 1.53 bits per heavy atom. The summed E-state index contributed by atoms with van der Waals surface area (Å²) in [6.07, 6.45) is 1.12. The van der Waals surface area contributed by atoms with Crippen LogP contribution in [0.3, 0.4) is 0 Å². The second-order valence-corrected chi connectivity index (χ2v) is 6.20. The van der Waals surface area contributed by atoms with Crippen molar-refractivity contribution in [2.24, 2.45) is 11.3 Å². The molecule has 98 valence electrons. The number of esters is 2. The molecule has 0 aromatic rings. The highest BCUT2D eigenvalue weighted by molar-refractivity contribution is 14.1. The molecule has 1 saturated heterocycles. The Labute approximate surface area is 116 Å². The van der Waals surface area contributed by atoms with Gasteiger partial charge in [0.15, 0.2) is 0 Å². The van der Waals surface area contributed by atoms with Crippen LogP contribution in [0.15, 0.2) is 0 Å². The van der Waals surface area contributed by atoms with Gasteiger partial charge < -0.3 is 9.47 Å². The van der Waals surface area contributed by atoms with Crippen LogP contribution in [-0.4, -0.2) is 29.1 Å². The van der Waals surface area contributed by atoms with E-state index in [-0.39, 0.29) is 24.0 Å². The van der Waals surface area contributed by atoms with Gasteiger partial charge in [-0.3, -0.25) is 9.59 Å². The molecule has 0 radical (unpaired) electrons. The number of alkyl halides is 1. The molecule has 0 saturated carbocycles. The lowest BCUT2D eigenvalue weighted by Gasteiger charge is -2.18. The number of rotatable bonds is 4. The second kappa shape index (κ2) is 6.02. The van der Waals surface area contributed by atoms with Crippen LogP contribution in [0.5, 0.6) is 0 Å². The zero-order chi connectivity index (χ0) is 13.1. The lowest BCUT2D eigenvalue weighted by atomic mass is 9.97. The van der Waals surface area contributed by atoms with Crippen molar-refractivity contribution in [2.45, 2.75) is 39.7 Å². The van der Waals surface area contributed by atoms with Crippen LogP contribution in [0.2, 0.25) is 0 Å². The number of carbonyl (C=O) groups excluding carboxylic acids is 2. The number of halogens is 1. The van der Waals surface area contributed by atoms with E-state index in [1.165, 1.54) is 0 Å². The fourth-order valence-corrected chi connectivity index (χ4v) is 2.52. The number of carbonyl (C=O) groups is 2. The lowest BCUT2D eigenvalue weighted by Crippen LogP contribution is -2.25. The van der Waals surface area contributed by atoms with Gasteiger partial charge in [0.1, 0.15) is 6.10 Å². The Bertz CT molecular complexity index is 295. The van der Waals surface area contributed by atoms with Crippen LogP contribution in [-0.2, 0) is 19.1 Å². The Hall–Kier alpha value is -0.330. The Morgan fingerprint density at radius 2 is 2.18 bits per heavy atom. The minimum absolute atomic E-state index is 0.0172. The van der Waals surface area contributed by atoms with E-state index in [1.807, 2.05) is 20.8 Å². The zero-order valence-electron chi connectivity index (χ0n) is 10.5. The number of ether oxygens (including phenoxy) is 2. The Balaban J connectivity index is 2.32. The van der Waals surface area contributed by atoms with E-state index in [2.05, 4.69) is 22.6 Å². The largest absolute Gasteiger partial charge is 0.465 e. The van der Waals surface area contributed by atoms with Gasteiger partial charge in [-0.2, -0.15) is 0 Å². The Morgan fingerprint density at radius 3 is 2.71 bits per heavy atom. The Kier molecular flexibility index (Phi) is 5.22. The van der Waals surface area contributed by atoms with Crippen LogP contribution in [0.25, 0.3) is 0 Å². The van der Waals surface area contributed by atoms with Gasteiger partial charge in [0.2, 0.25) is 0 Å². The van der Waals surface area contributed by atoms with Crippen molar-refractivity contribution in [3.63, 3.8) is 0 Å². The smallest absolute Gasteiger partial charge is 0.311 e. The highest BCUT2D eigenvalue weighted by Gasteiger charge is 2.34. The van der Waals surface area contributed by atoms with Gasteiger partial charge in [-0.05, 0) is 27.2 Å². The van der Waals surface area contributed by atoms with Gasteiger partial charge in [0.25, 0.3) is 0 Å². The molecule has 1 heterocycles. The maximum atomic E-state index is 11.5. The van der Waals surface area contributed by atoms with Crippen LogP contribution >= 0.6 is 22.6 Å². The van der Waals surface area contributed by atoms with Crippen molar-refractivity contribution in [1.82, 2.24) is 0 Å². The maximum absolute atomic E-state index is 11.5. The summed E-state index contributed by atoms with van der Waals surface area (Å²) in [4.78, 5) is 22.7. The average Bonchev–Trinajstić information content (AvgIpc) is 2.57. The van der Waals surface area contributed by atoms with Gasteiger partial charge in [-0.25, -0.2) is 0 Å². The molecule has 1 aliphatic rings. The molecule has 0 N–H and O–H groups in total. The summed E-state index contributed by atoms with van der Waals surface area (Å²) in [6.45, 7) is 5.84. The molecule has 0 aliphatic carbocycles. The van der Waals surface area contributed by atoms with E-state index in [1.54, 1.807) is 0 Å². The summed E-state index contributed by atoms with van der Waals surface area (Å²) in [6, 6.07) is 0. The molecule has 17 heavy (non-hydrogen) atoms. The summed E-state index contributed by atoms with van der Waals surface area (Å²) in [7, 11) is 0. The molecule has 1 fully saturated rings. The third-order valence-electron chi connectivity index (χ3n) is 2.72. The first-order chi connectivity index (χ1) is 7.84. The number of hydrogen-bond acceptors (Lipinski definition) is 4. The summed E-state index contributed by atoms with van der Waals surface area (Å²) in [5.41, 5.74) is -0.468. The monoisotopic (exact) mass is 354 g/mol. The van der Waals surface area contributed by atoms with Crippen LogP contribution in [0, 0.1) is 11.3 Å². The van der Waals surface area contributed by atoms with Crippen molar-refractivity contribution in [1.29, 1.82) is 0 Å². The van der Waals surface area contributed by atoms with Gasteiger partial charge in [-0.15, -0.1) is 0 Å². The predicted octanol–water partition coefficient (Wildman–Crippen LogP) is 2.33. The summed E-state index contributed by atoms with van der Waals surface area (Å²) < 4.78 is 11.1. The standard InChI is InChI=1S/C12H19IO4/c1-12(2,3)11(15)16-5-4-8-6-10(14)17-9(8)7-13/h8-9H,4-7H2,1-3H3/t8-,9-/m1/s1. The quantitative estimate of drug-likeness (QED) is 0.442. The predicted molar refractivity (Wildman–Crippen MR) is 71.9 cm³/mol. The van der Waals surface area contributed by atoms with Crippen molar-refractivity contribution in [2.75, 3.05) is 11.0 Å². The van der Waals surface area contributed by atoms with E-state index < -0.39 is 5.41 Å². The molecule has 1 rings (SSSR count). The highest BCUT2D eigenvalue weighted by Crippen LogP contribution is 2.27. The lowest BCUT2D eigenvalue weighted by molar-refractivity contribution is -0.153. The molecular formula is C12H19IO4. The first-order valence-corrected chi connectivity index (χ1v) is 7.30. The van der Waals surface area contributed by atoms with Gasteiger partial charge in [-0.1, -0.05) is 22.6 Å². The van der Waals surface area contributed by atoms with Crippen molar-refractivity contribution < 1.29 is 19.1 Å². The number of hydrogen-bond donors (Lipinski definition) is 0. The van der Waals surface area contributed by atoms with Gasteiger partial charge in [0.05, 0.1) is 18.4 Å². The third-order valence-corrected chi connectivity index (χ3v) is 3.59.